The number of aliphatic hydroxyl groups is 1. The molecule has 0 aliphatic heterocycles. The van der Waals surface area contributed by atoms with Crippen molar-refractivity contribution in [1.82, 2.24) is 0 Å². The summed E-state index contributed by atoms with van der Waals surface area (Å²) in [5, 5.41) is 13.3. The standard InChI is InChI=1S/C27H24O2S2.C2H5.3CH3.2Sn/c1-13-18(11-28)22-25(31-13)17-10-8-14-15(21(17)26(22,2)3)7-9-16-20(14)27(4,5)23-19(29-6)12-30-24(16)23;1-2;;;;;/h7-10,28H,1,11H2,2-6H3;1H2,2H3;3*1H3;;. The first-order valence-electron chi connectivity index (χ1n) is 13.7. The van der Waals surface area contributed by atoms with Gasteiger partial charge in [-0.25, -0.2) is 0 Å². The maximum absolute atomic E-state index is 10.5. The third-order valence-electron chi connectivity index (χ3n) is 8.72. The first-order chi connectivity index (χ1) is 17.9. The van der Waals surface area contributed by atoms with Crippen LogP contribution in [0, 0.1) is 0 Å². The van der Waals surface area contributed by atoms with Gasteiger partial charge in [0.2, 0.25) is 0 Å². The van der Waals surface area contributed by atoms with Gasteiger partial charge in [-0.3, -0.25) is 0 Å². The fourth-order valence-electron chi connectivity index (χ4n) is 7.15. The molecule has 0 spiro atoms. The zero-order valence-electron chi connectivity index (χ0n) is 24.1. The molecule has 4 aromatic rings. The molecule has 0 saturated carbocycles. The van der Waals surface area contributed by atoms with E-state index < -0.39 is 18.4 Å². The molecule has 198 valence electrons. The fourth-order valence-corrected chi connectivity index (χ4v) is 19.4. The molecule has 2 aliphatic carbocycles. The van der Waals surface area contributed by atoms with E-state index in [0.29, 0.717) is 0 Å². The number of fused-ring (bicyclic) bond motifs is 9. The van der Waals surface area contributed by atoms with Crippen LogP contribution < -0.4 is 7.63 Å². The van der Waals surface area contributed by atoms with E-state index in [1.165, 1.54) is 79.0 Å². The summed E-state index contributed by atoms with van der Waals surface area (Å²) in [6, 6.07) is 9.59. The van der Waals surface area contributed by atoms with Crippen molar-refractivity contribution in [3.63, 3.8) is 0 Å². The molecule has 0 fully saturated rings. The topological polar surface area (TPSA) is 29.5 Å². The molecule has 0 atom stereocenters. The van der Waals surface area contributed by atoms with Crippen LogP contribution in [0.5, 0.6) is 5.75 Å². The number of thiophene rings is 2. The zero-order chi connectivity index (χ0) is 27.4. The van der Waals surface area contributed by atoms with Crippen molar-refractivity contribution in [2.75, 3.05) is 7.11 Å². The molecule has 2 aromatic carbocycles. The average Bonchev–Trinajstić information content (AvgIpc) is 3.55. The summed E-state index contributed by atoms with van der Waals surface area (Å²) >= 11 is 1.24. The summed E-state index contributed by atoms with van der Waals surface area (Å²) < 4.78 is 10.3. The number of ether oxygens (including phenoxy) is 1. The third kappa shape index (κ3) is 3.65. The van der Waals surface area contributed by atoms with Gasteiger partial charge in [0.1, 0.15) is 0 Å². The van der Waals surface area contributed by atoms with Crippen LogP contribution in [0.3, 0.4) is 0 Å². The Bertz CT molecular complexity index is 1620. The van der Waals surface area contributed by atoms with Crippen molar-refractivity contribution in [3.8, 4) is 26.6 Å². The molecule has 2 nitrogen and oxygen atoms in total. The van der Waals surface area contributed by atoms with E-state index >= 15 is 0 Å². The van der Waals surface area contributed by atoms with E-state index in [0.717, 1.165) is 0 Å². The monoisotopic (exact) mass is 758 g/mol. The number of benzene rings is 2. The number of hydrogen-bond donors (Lipinski definition) is 1. The fraction of sp³-hybridized carbons (Fsp3) is 0.438. The van der Waals surface area contributed by atoms with Gasteiger partial charge in [-0.15, -0.1) is 0 Å². The van der Waals surface area contributed by atoms with E-state index in [-0.39, 0.29) is 38.6 Å². The predicted octanol–water partition coefficient (Wildman–Crippen LogP) is 8.26. The Morgan fingerprint density at radius 2 is 1.39 bits per heavy atom. The van der Waals surface area contributed by atoms with Gasteiger partial charge in [0.15, 0.2) is 0 Å². The molecular formula is C32H38O2S2Sn2. The normalized spacial score (nSPS) is 16.5. The summed E-state index contributed by atoms with van der Waals surface area (Å²) in [4.78, 5) is 11.8. The Kier molecular flexibility index (Phi) is 6.71. The van der Waals surface area contributed by atoms with Crippen molar-refractivity contribution in [1.29, 1.82) is 0 Å². The molecule has 2 heterocycles. The van der Waals surface area contributed by atoms with Gasteiger partial charge >= 0.3 is 252 Å². The van der Waals surface area contributed by atoms with Gasteiger partial charge < -0.3 is 0 Å². The molecule has 0 saturated heterocycles. The maximum atomic E-state index is 10.5. The Morgan fingerprint density at radius 1 is 0.842 bits per heavy atom. The van der Waals surface area contributed by atoms with E-state index in [9.17, 15) is 5.11 Å². The summed E-state index contributed by atoms with van der Waals surface area (Å²) in [6.45, 7) is 12.0. The second-order valence-corrected chi connectivity index (χ2v) is 34.8. The molecule has 38 heavy (non-hydrogen) atoms. The van der Waals surface area contributed by atoms with Crippen LogP contribution in [0.4, 0.5) is 0 Å². The number of methoxy groups -OCH3 is 1. The molecular weight excluding hydrogens is 718 g/mol. The first kappa shape index (κ1) is 27.6. The van der Waals surface area contributed by atoms with Gasteiger partial charge in [0.05, 0.1) is 0 Å². The zero-order valence-corrected chi connectivity index (χ0v) is 31.4. The SMILES string of the molecule is C[CH2][Sn][CH2]c1sc2c(c1CO)C(C)(C)c1c-2ccc2c3c(ccc12)-c1s[c]([Sn]([CH3])([CH3])[CH3])c(OC)c1C3(C)C. The molecule has 0 bridgehead atoms. The molecule has 2 radical (unpaired) electrons. The second kappa shape index (κ2) is 9.23. The van der Waals surface area contributed by atoms with Gasteiger partial charge in [-0.05, 0) is 0 Å². The van der Waals surface area contributed by atoms with E-state index in [2.05, 4.69) is 73.7 Å². The van der Waals surface area contributed by atoms with Gasteiger partial charge in [-0.1, -0.05) is 0 Å². The summed E-state index contributed by atoms with van der Waals surface area (Å²) in [5.41, 5.74) is 9.47. The number of rotatable bonds is 6. The summed E-state index contributed by atoms with van der Waals surface area (Å²) in [5.74, 6) is 1.17. The van der Waals surface area contributed by atoms with Crippen LogP contribution in [0.25, 0.3) is 31.7 Å². The quantitative estimate of drug-likeness (QED) is 0.201. The van der Waals surface area contributed by atoms with Crippen molar-refractivity contribution in [2.45, 2.75) is 75.7 Å². The minimum absolute atomic E-state index is 0.113. The Balaban J connectivity index is 1.60. The third-order valence-corrected chi connectivity index (χ3v) is 24.4. The average molecular weight is 756 g/mol. The molecule has 6 heteroatoms. The van der Waals surface area contributed by atoms with Crippen LogP contribution >= 0.6 is 22.7 Å². The van der Waals surface area contributed by atoms with Crippen LogP contribution in [0.15, 0.2) is 24.3 Å². The van der Waals surface area contributed by atoms with Crippen LogP contribution in [-0.4, -0.2) is 51.7 Å². The molecule has 2 aromatic heterocycles. The van der Waals surface area contributed by atoms with Crippen molar-refractivity contribution in [3.05, 3.63) is 57.0 Å². The minimum atomic E-state index is -2.34. The van der Waals surface area contributed by atoms with Crippen molar-refractivity contribution >= 4 is 75.9 Å². The van der Waals surface area contributed by atoms with E-state index in [1.807, 2.05) is 29.8 Å². The molecule has 2 aliphatic rings. The predicted molar refractivity (Wildman–Crippen MR) is 170 cm³/mol. The number of hydrogen-bond acceptors (Lipinski definition) is 4. The Hall–Kier alpha value is -0.543. The van der Waals surface area contributed by atoms with Crippen LogP contribution in [-0.2, 0) is 21.9 Å². The molecule has 6 rings (SSSR count). The molecule has 1 N–H and O–H groups in total. The molecule has 0 unspecified atom stereocenters. The van der Waals surface area contributed by atoms with E-state index in [4.69, 9.17) is 4.74 Å². The number of aliphatic hydroxyl groups excluding tert-OH is 1. The van der Waals surface area contributed by atoms with Crippen molar-refractivity contribution in [2.24, 2.45) is 0 Å². The van der Waals surface area contributed by atoms with Gasteiger partial charge in [0, 0.05) is 0 Å². The van der Waals surface area contributed by atoms with Crippen LogP contribution in [0.1, 0.15) is 67.3 Å². The van der Waals surface area contributed by atoms with Crippen molar-refractivity contribution < 1.29 is 9.84 Å². The van der Waals surface area contributed by atoms with Gasteiger partial charge in [-0.2, -0.15) is 0 Å². The Morgan fingerprint density at radius 3 is 1.89 bits per heavy atom. The van der Waals surface area contributed by atoms with E-state index in [1.54, 1.807) is 2.89 Å². The molecule has 0 amide bonds. The second-order valence-electron chi connectivity index (χ2n) is 12.9. The van der Waals surface area contributed by atoms with Crippen LogP contribution in [0.2, 0.25) is 19.3 Å². The summed E-state index contributed by atoms with van der Waals surface area (Å²) in [7, 11) is 1.87. The Labute approximate surface area is 249 Å². The first-order valence-corrected chi connectivity index (χ1v) is 29.3. The summed E-state index contributed by atoms with van der Waals surface area (Å²) in [6.07, 6.45) is 0. The van der Waals surface area contributed by atoms with Gasteiger partial charge in [0.25, 0.3) is 0 Å².